The maximum Gasteiger partial charge on any atom is 0.317 e. The molecule has 0 aromatic carbocycles. The van der Waals surface area contributed by atoms with Crippen molar-refractivity contribution in [3.63, 3.8) is 0 Å². The molecule has 3 rings (SSSR count). The molecule has 3 heterocycles. The molecule has 3 aromatic heterocycles. The fourth-order valence-corrected chi connectivity index (χ4v) is 2.92. The Labute approximate surface area is 164 Å². The molecule has 0 fully saturated rings. The van der Waals surface area contributed by atoms with E-state index in [1.54, 1.807) is 18.6 Å². The fourth-order valence-electron chi connectivity index (χ4n) is 2.92. The summed E-state index contributed by atoms with van der Waals surface area (Å²) in [7, 11) is 0. The lowest BCUT2D eigenvalue weighted by molar-refractivity contribution is -0.138. The van der Waals surface area contributed by atoms with Crippen LogP contribution in [0.15, 0.2) is 67.3 Å². The molecular weight excluding hydrogens is 356 g/mol. The number of pyridine rings is 2. The molecular formula is C20H24N6O2. The van der Waals surface area contributed by atoms with Crippen LogP contribution in [0, 0.1) is 0 Å². The highest BCUT2D eigenvalue weighted by Gasteiger charge is 2.14. The van der Waals surface area contributed by atoms with E-state index in [9.17, 15) is 9.90 Å². The normalized spacial score (nSPS) is 11.2. The first-order valence-electron chi connectivity index (χ1n) is 9.13. The summed E-state index contributed by atoms with van der Waals surface area (Å²) in [6, 6.07) is 13.4. The average molecular weight is 380 g/mol. The van der Waals surface area contributed by atoms with Gasteiger partial charge in [-0.2, -0.15) is 5.10 Å². The minimum Gasteiger partial charge on any atom is -0.480 e. The van der Waals surface area contributed by atoms with Crippen LogP contribution in [0.4, 0.5) is 0 Å². The number of aliphatic carboxylic acids is 1. The molecule has 0 aliphatic rings. The monoisotopic (exact) mass is 380 g/mol. The van der Waals surface area contributed by atoms with E-state index in [1.807, 2.05) is 58.2 Å². The third-order valence-corrected chi connectivity index (χ3v) is 4.22. The standard InChI is InChI=1S/C20H24N6O2/c27-20(28)16-24(14-18-6-1-3-8-21-18)12-13-25(17-26-11-5-10-23-26)15-19-7-2-4-9-22-19/h1-11H,12-17H2,(H,27,28). The third-order valence-electron chi connectivity index (χ3n) is 4.22. The Kier molecular flexibility index (Phi) is 7.22. The van der Waals surface area contributed by atoms with Crippen LogP contribution in [-0.2, 0) is 24.6 Å². The van der Waals surface area contributed by atoms with E-state index in [2.05, 4.69) is 20.0 Å². The first-order valence-corrected chi connectivity index (χ1v) is 9.13. The maximum absolute atomic E-state index is 11.3. The van der Waals surface area contributed by atoms with Crippen molar-refractivity contribution < 1.29 is 9.90 Å². The molecule has 0 radical (unpaired) electrons. The lowest BCUT2D eigenvalue weighted by Crippen LogP contribution is -2.38. The molecule has 8 nitrogen and oxygen atoms in total. The van der Waals surface area contributed by atoms with Crippen molar-refractivity contribution in [2.45, 2.75) is 19.8 Å². The summed E-state index contributed by atoms with van der Waals surface area (Å²) in [6.07, 6.45) is 7.16. The second kappa shape index (κ2) is 10.3. The number of hydrogen-bond donors (Lipinski definition) is 1. The van der Waals surface area contributed by atoms with E-state index in [4.69, 9.17) is 0 Å². The van der Waals surface area contributed by atoms with Gasteiger partial charge in [0.2, 0.25) is 0 Å². The quantitative estimate of drug-likeness (QED) is 0.542. The van der Waals surface area contributed by atoms with Gasteiger partial charge in [-0.25, -0.2) is 0 Å². The van der Waals surface area contributed by atoms with Gasteiger partial charge in [0, 0.05) is 51.0 Å². The second-order valence-corrected chi connectivity index (χ2v) is 6.49. The van der Waals surface area contributed by atoms with Crippen molar-refractivity contribution in [1.82, 2.24) is 29.5 Å². The predicted molar refractivity (Wildman–Crippen MR) is 104 cm³/mol. The Balaban J connectivity index is 1.65. The zero-order chi connectivity index (χ0) is 19.6. The van der Waals surface area contributed by atoms with Gasteiger partial charge in [0.25, 0.3) is 0 Å². The van der Waals surface area contributed by atoms with E-state index in [1.165, 1.54) is 0 Å². The highest BCUT2D eigenvalue weighted by molar-refractivity contribution is 5.69. The van der Waals surface area contributed by atoms with Gasteiger partial charge in [-0.1, -0.05) is 12.1 Å². The molecule has 0 saturated heterocycles. The number of rotatable bonds is 11. The van der Waals surface area contributed by atoms with Crippen molar-refractivity contribution in [1.29, 1.82) is 0 Å². The first kappa shape index (κ1) is 19.7. The van der Waals surface area contributed by atoms with Crippen LogP contribution in [-0.4, -0.2) is 60.3 Å². The van der Waals surface area contributed by atoms with E-state index in [-0.39, 0.29) is 6.54 Å². The minimum atomic E-state index is -0.848. The van der Waals surface area contributed by atoms with E-state index in [0.717, 1.165) is 11.4 Å². The topological polar surface area (TPSA) is 87.4 Å². The molecule has 0 amide bonds. The number of hydrogen-bond acceptors (Lipinski definition) is 6. The SMILES string of the molecule is O=C(O)CN(CCN(Cc1ccccn1)Cn1cccn1)Cc1ccccn1. The lowest BCUT2D eigenvalue weighted by Gasteiger charge is -2.26. The van der Waals surface area contributed by atoms with Gasteiger partial charge in [0.1, 0.15) is 0 Å². The Morgan fingerprint density at radius 1 is 0.893 bits per heavy atom. The number of carboxylic acid groups (broad SMARTS) is 1. The van der Waals surface area contributed by atoms with E-state index in [0.29, 0.717) is 32.8 Å². The van der Waals surface area contributed by atoms with Crippen LogP contribution >= 0.6 is 0 Å². The number of nitrogens with zero attached hydrogens (tertiary/aromatic N) is 6. The Morgan fingerprint density at radius 2 is 1.54 bits per heavy atom. The van der Waals surface area contributed by atoms with Crippen LogP contribution in [0.3, 0.4) is 0 Å². The van der Waals surface area contributed by atoms with Gasteiger partial charge < -0.3 is 5.11 Å². The molecule has 3 aromatic rings. The summed E-state index contributed by atoms with van der Waals surface area (Å²) < 4.78 is 1.85. The van der Waals surface area contributed by atoms with Gasteiger partial charge in [-0.05, 0) is 30.3 Å². The van der Waals surface area contributed by atoms with Crippen LogP contribution in [0.25, 0.3) is 0 Å². The lowest BCUT2D eigenvalue weighted by atomic mass is 10.3. The largest absolute Gasteiger partial charge is 0.480 e. The van der Waals surface area contributed by atoms with Gasteiger partial charge >= 0.3 is 5.97 Å². The predicted octanol–water partition coefficient (Wildman–Crippen LogP) is 1.72. The zero-order valence-corrected chi connectivity index (χ0v) is 15.6. The van der Waals surface area contributed by atoms with Crippen LogP contribution < -0.4 is 0 Å². The van der Waals surface area contributed by atoms with Crippen LogP contribution in [0.2, 0.25) is 0 Å². The van der Waals surface area contributed by atoms with Crippen LogP contribution in [0.5, 0.6) is 0 Å². The van der Waals surface area contributed by atoms with Crippen LogP contribution in [0.1, 0.15) is 11.4 Å². The van der Waals surface area contributed by atoms with Crippen molar-refractivity contribution in [3.8, 4) is 0 Å². The van der Waals surface area contributed by atoms with Gasteiger partial charge in [0.05, 0.1) is 24.6 Å². The molecule has 0 spiro atoms. The van der Waals surface area contributed by atoms with E-state index >= 15 is 0 Å². The van der Waals surface area contributed by atoms with Gasteiger partial charge in [-0.15, -0.1) is 0 Å². The summed E-state index contributed by atoms with van der Waals surface area (Å²) in [5.74, 6) is -0.848. The van der Waals surface area contributed by atoms with E-state index < -0.39 is 5.97 Å². The molecule has 28 heavy (non-hydrogen) atoms. The Hall–Kier alpha value is -3.10. The van der Waals surface area contributed by atoms with Crippen molar-refractivity contribution in [3.05, 3.63) is 78.6 Å². The first-order chi connectivity index (χ1) is 13.7. The Bertz CT molecular complexity index is 826. The summed E-state index contributed by atoms with van der Waals surface area (Å²) in [4.78, 5) is 24.1. The number of aromatic nitrogens is 4. The molecule has 0 aliphatic carbocycles. The molecule has 0 bridgehead atoms. The molecule has 8 heteroatoms. The molecule has 1 N–H and O–H groups in total. The summed E-state index contributed by atoms with van der Waals surface area (Å²) >= 11 is 0. The minimum absolute atomic E-state index is 0.0320. The van der Waals surface area contributed by atoms with Gasteiger partial charge in [0.15, 0.2) is 0 Å². The highest BCUT2D eigenvalue weighted by Crippen LogP contribution is 2.06. The summed E-state index contributed by atoms with van der Waals surface area (Å²) in [5.41, 5.74) is 1.82. The highest BCUT2D eigenvalue weighted by atomic mass is 16.4. The van der Waals surface area contributed by atoms with Crippen molar-refractivity contribution in [2.75, 3.05) is 19.6 Å². The third kappa shape index (κ3) is 6.57. The second-order valence-electron chi connectivity index (χ2n) is 6.49. The molecule has 0 saturated carbocycles. The Morgan fingerprint density at radius 3 is 2.07 bits per heavy atom. The average Bonchev–Trinajstić information content (AvgIpc) is 3.20. The van der Waals surface area contributed by atoms with Gasteiger partial charge in [-0.3, -0.25) is 29.2 Å². The maximum atomic E-state index is 11.3. The van der Waals surface area contributed by atoms with Crippen molar-refractivity contribution in [2.24, 2.45) is 0 Å². The molecule has 0 unspecified atom stereocenters. The zero-order valence-electron chi connectivity index (χ0n) is 15.6. The van der Waals surface area contributed by atoms with Crippen molar-refractivity contribution >= 4 is 5.97 Å². The number of carbonyl (C=O) groups is 1. The fraction of sp³-hybridized carbons (Fsp3) is 0.300. The molecule has 0 atom stereocenters. The summed E-state index contributed by atoms with van der Waals surface area (Å²) in [6.45, 7) is 2.99. The number of carboxylic acids is 1. The molecule has 0 aliphatic heterocycles. The smallest absolute Gasteiger partial charge is 0.317 e. The molecule has 146 valence electrons. The summed E-state index contributed by atoms with van der Waals surface area (Å²) in [5, 5.41) is 13.5.